The topological polar surface area (TPSA) is 171 Å². The predicted octanol–water partition coefficient (Wildman–Crippen LogP) is 5.06. The van der Waals surface area contributed by atoms with E-state index in [2.05, 4.69) is 39.3 Å². The molecule has 2 amide bonds. The Hall–Kier alpha value is -4.88. The number of amides is 2. The number of hydrogen-bond donors (Lipinski definition) is 4. The van der Waals surface area contributed by atoms with Crippen molar-refractivity contribution in [3.8, 4) is 0 Å². The van der Waals surface area contributed by atoms with Crippen LogP contribution in [-0.4, -0.2) is 102 Å². The molecule has 13 heteroatoms. The zero-order valence-electron chi connectivity index (χ0n) is 32.5. The van der Waals surface area contributed by atoms with Gasteiger partial charge < -0.3 is 30.1 Å². The lowest BCUT2D eigenvalue weighted by atomic mass is 9.85. The summed E-state index contributed by atoms with van der Waals surface area (Å²) in [7, 11) is 2.95. The summed E-state index contributed by atoms with van der Waals surface area (Å²) in [5.74, 6) is -1.22. The number of ketones is 1. The second kappa shape index (κ2) is 16.6. The lowest BCUT2D eigenvalue weighted by molar-refractivity contribution is -0.139. The zero-order valence-corrected chi connectivity index (χ0v) is 32.5. The molecule has 0 aromatic carbocycles. The maximum atomic E-state index is 14.3. The second-order valence-electron chi connectivity index (χ2n) is 14.7. The predicted molar refractivity (Wildman–Crippen MR) is 207 cm³/mol. The molecule has 3 aliphatic rings. The number of Topliss-reactive ketones (excluding diaryl/α,β-unsaturated/α-hetero) is 1. The first kappa shape index (κ1) is 38.8. The number of rotatable bonds is 11. The van der Waals surface area contributed by atoms with Gasteiger partial charge >= 0.3 is 5.97 Å². The van der Waals surface area contributed by atoms with E-state index in [1.807, 2.05) is 32.0 Å². The van der Waals surface area contributed by atoms with Gasteiger partial charge in [0.05, 0.1) is 49.0 Å². The average molecular weight is 740 g/mol. The second-order valence-corrected chi connectivity index (χ2v) is 14.7. The minimum atomic E-state index is -0.481. The number of methoxy groups -OCH3 is 1. The van der Waals surface area contributed by atoms with Gasteiger partial charge in [-0.05, 0) is 69.4 Å². The number of aromatic amines is 2. The van der Waals surface area contributed by atoms with Crippen molar-refractivity contribution in [2.75, 3.05) is 53.6 Å². The Morgan fingerprint density at radius 1 is 0.981 bits per heavy atom. The molecule has 288 valence electrons. The highest BCUT2D eigenvalue weighted by Crippen LogP contribution is 2.43. The normalized spacial score (nSPS) is 18.7. The van der Waals surface area contributed by atoms with Gasteiger partial charge in [-0.15, -0.1) is 0 Å². The fourth-order valence-corrected chi connectivity index (χ4v) is 8.11. The molecule has 3 aromatic rings. The molecule has 6 rings (SSSR count). The first-order chi connectivity index (χ1) is 25.9. The highest BCUT2D eigenvalue weighted by Gasteiger charge is 2.34. The summed E-state index contributed by atoms with van der Waals surface area (Å²) in [5.41, 5.74) is 8.86. The molecule has 1 fully saturated rings. The molecular weight excluding hydrogens is 686 g/mol. The van der Waals surface area contributed by atoms with Crippen molar-refractivity contribution in [2.24, 2.45) is 0 Å². The van der Waals surface area contributed by atoms with Crippen molar-refractivity contribution >= 4 is 45.6 Å². The van der Waals surface area contributed by atoms with Crippen molar-refractivity contribution < 1.29 is 28.7 Å². The van der Waals surface area contributed by atoms with Crippen molar-refractivity contribution in [3.63, 3.8) is 0 Å². The minimum Gasteiger partial charge on any atom is -0.469 e. The van der Waals surface area contributed by atoms with Crippen LogP contribution in [0.5, 0.6) is 0 Å². The Labute approximate surface area is 316 Å². The average Bonchev–Trinajstić information content (AvgIpc) is 3.88. The fraction of sp³-hybridized carbons (Fsp3) is 0.512. The fourth-order valence-electron chi connectivity index (χ4n) is 8.11. The van der Waals surface area contributed by atoms with Crippen molar-refractivity contribution in [2.45, 2.75) is 84.5 Å². The lowest BCUT2D eigenvalue weighted by Crippen LogP contribution is -2.41. The van der Waals surface area contributed by atoms with E-state index in [9.17, 15) is 19.2 Å². The molecule has 4 N–H and O–H groups in total. The van der Waals surface area contributed by atoms with Crippen LogP contribution >= 0.6 is 0 Å². The smallest absolute Gasteiger partial charge is 0.310 e. The van der Waals surface area contributed by atoms with Gasteiger partial charge in [-0.1, -0.05) is 13.8 Å². The summed E-state index contributed by atoms with van der Waals surface area (Å²) in [6, 6.07) is 5.94. The number of esters is 1. The van der Waals surface area contributed by atoms with Gasteiger partial charge in [0.1, 0.15) is 0 Å². The van der Waals surface area contributed by atoms with Crippen LogP contribution in [0.15, 0.2) is 18.2 Å². The van der Waals surface area contributed by atoms with Gasteiger partial charge in [-0.3, -0.25) is 34.0 Å². The van der Waals surface area contributed by atoms with E-state index in [1.165, 1.54) is 7.11 Å². The van der Waals surface area contributed by atoms with Gasteiger partial charge in [0.2, 0.25) is 5.91 Å². The number of aromatic nitrogens is 4. The van der Waals surface area contributed by atoms with E-state index < -0.39 is 5.97 Å². The molecule has 13 nitrogen and oxygen atoms in total. The van der Waals surface area contributed by atoms with Gasteiger partial charge in [-0.25, -0.2) is 0 Å². The van der Waals surface area contributed by atoms with Gasteiger partial charge in [-0.2, -0.15) is 0 Å². The van der Waals surface area contributed by atoms with E-state index in [1.54, 1.807) is 14.0 Å². The van der Waals surface area contributed by atoms with Crippen LogP contribution < -0.4 is 10.6 Å². The quantitative estimate of drug-likeness (QED) is 0.155. The van der Waals surface area contributed by atoms with E-state index in [-0.39, 0.29) is 48.2 Å². The highest BCUT2D eigenvalue weighted by molar-refractivity contribution is 6.06. The first-order valence-corrected chi connectivity index (χ1v) is 19.1. The molecule has 54 heavy (non-hydrogen) atoms. The molecule has 3 aromatic heterocycles. The number of carbonyl (C=O) groups is 4. The lowest BCUT2D eigenvalue weighted by Gasteiger charge is -2.26. The molecule has 0 radical (unpaired) electrons. The van der Waals surface area contributed by atoms with E-state index in [0.717, 1.165) is 53.2 Å². The molecule has 3 aliphatic heterocycles. The van der Waals surface area contributed by atoms with Crippen LogP contribution in [-0.2, 0) is 31.9 Å². The van der Waals surface area contributed by atoms with Crippen LogP contribution in [0.1, 0.15) is 118 Å². The number of nitrogens with zero attached hydrogens (tertiary/aromatic N) is 3. The Morgan fingerprint density at radius 3 is 2.37 bits per heavy atom. The number of aryl methyl sites for hydroxylation is 2. The zero-order chi connectivity index (χ0) is 38.7. The Morgan fingerprint density at radius 2 is 1.69 bits per heavy atom. The summed E-state index contributed by atoms with van der Waals surface area (Å²) in [5, 5.41) is 5.87. The molecule has 1 unspecified atom stereocenters. The molecule has 0 saturated carbocycles. The third-order valence-electron chi connectivity index (χ3n) is 11.3. The third kappa shape index (κ3) is 7.97. The van der Waals surface area contributed by atoms with Gasteiger partial charge in [0.25, 0.3) is 5.91 Å². The Balaban J connectivity index is 1.67. The number of ether oxygens (including phenoxy) is 2. The van der Waals surface area contributed by atoms with E-state index >= 15 is 0 Å². The van der Waals surface area contributed by atoms with Crippen LogP contribution in [0.25, 0.3) is 22.1 Å². The third-order valence-corrected chi connectivity index (χ3v) is 11.3. The summed E-state index contributed by atoms with van der Waals surface area (Å²) in [4.78, 5) is 72.9. The van der Waals surface area contributed by atoms with Crippen LogP contribution in [0, 0.1) is 13.8 Å². The van der Waals surface area contributed by atoms with Crippen LogP contribution in [0.2, 0.25) is 0 Å². The van der Waals surface area contributed by atoms with Crippen molar-refractivity contribution in [3.05, 3.63) is 68.8 Å². The largest absolute Gasteiger partial charge is 0.469 e. The van der Waals surface area contributed by atoms with Crippen LogP contribution in [0.4, 0.5) is 0 Å². The molecule has 1 saturated heterocycles. The minimum absolute atomic E-state index is 0.0511. The number of fused-ring (bicyclic) bond motifs is 8. The number of carbonyl (C=O) groups excluding carboxylic acids is 4. The van der Waals surface area contributed by atoms with Crippen LogP contribution in [0.3, 0.4) is 0 Å². The number of hydrogen-bond acceptors (Lipinski definition) is 9. The number of nitrogens with one attached hydrogen (secondary N) is 4. The summed E-state index contributed by atoms with van der Waals surface area (Å²) in [6.45, 7) is 13.7. The number of morpholine rings is 1. The van der Waals surface area contributed by atoms with Gasteiger partial charge in [0.15, 0.2) is 5.78 Å². The standard InChI is InChI=1S/C41H53N7O6/c1-8-26-17-27-18-34-37(25(5)49)23(3)31(45-34)20-30-22(2)28(9-10-35(50)42-6)39(46-30)29(19-36(51)53-7)40-38(24(4)32(47-40)21-33(26)44-27)41(52)43-11-12-48-13-15-54-16-14-48/h18,20-22,26,28,45,47H,8-17,19H2,1-7H3,(H,42,50)(H,43,52)/t22?,26-,28+/m1/s1. The number of H-pyrrole nitrogens is 2. The molecule has 0 spiro atoms. The van der Waals surface area contributed by atoms with Crippen molar-refractivity contribution in [1.82, 2.24) is 35.5 Å². The molecule has 3 atom stereocenters. The summed E-state index contributed by atoms with van der Waals surface area (Å²) < 4.78 is 10.7. The molecule has 6 heterocycles. The van der Waals surface area contributed by atoms with E-state index in [0.29, 0.717) is 78.1 Å². The molecular formula is C41H53N7O6. The Bertz CT molecular complexity index is 2110. The highest BCUT2D eigenvalue weighted by atomic mass is 16.5. The monoisotopic (exact) mass is 739 g/mol. The first-order valence-electron chi connectivity index (χ1n) is 19.1. The molecule has 8 bridgehead atoms. The SMILES string of the molecule is CC[C@@H]1Cc2cc3[nH]c(cc4nc(c(CC(=O)OC)c5[nH]c(cc1n2)c(C)c5C(=O)NCCN1CCOCC1)[C@@H](CCC(=O)NC)C4C)c(C)c3C(C)=O. The Kier molecular flexibility index (Phi) is 12.0. The molecule has 0 aliphatic carbocycles. The van der Waals surface area contributed by atoms with E-state index in [4.69, 9.17) is 19.4 Å². The summed E-state index contributed by atoms with van der Waals surface area (Å²) in [6.07, 6.45) is 2.09. The van der Waals surface area contributed by atoms with Gasteiger partial charge in [0, 0.05) is 96.6 Å². The summed E-state index contributed by atoms with van der Waals surface area (Å²) >= 11 is 0. The maximum absolute atomic E-state index is 14.3. The maximum Gasteiger partial charge on any atom is 0.310 e. The van der Waals surface area contributed by atoms with Crippen molar-refractivity contribution in [1.29, 1.82) is 0 Å².